The van der Waals surface area contributed by atoms with Crippen molar-refractivity contribution in [1.82, 2.24) is 9.21 Å². The van der Waals surface area contributed by atoms with Crippen LogP contribution in [0.25, 0.3) is 0 Å². The predicted octanol–water partition coefficient (Wildman–Crippen LogP) is 3.45. The fraction of sp³-hybridized carbons (Fsp3) is 0.381. The van der Waals surface area contributed by atoms with Crippen molar-refractivity contribution < 1.29 is 26.7 Å². The van der Waals surface area contributed by atoms with Gasteiger partial charge in [-0.2, -0.15) is 4.31 Å². The van der Waals surface area contributed by atoms with Gasteiger partial charge in [0.25, 0.3) is 0 Å². The van der Waals surface area contributed by atoms with Crippen LogP contribution in [0.4, 0.5) is 13.6 Å². The van der Waals surface area contributed by atoms with E-state index in [4.69, 9.17) is 4.74 Å². The van der Waals surface area contributed by atoms with Gasteiger partial charge in [0.1, 0.15) is 5.60 Å². The van der Waals surface area contributed by atoms with Crippen molar-refractivity contribution in [2.75, 3.05) is 19.6 Å². The molecule has 0 atom stereocenters. The van der Waals surface area contributed by atoms with Crippen LogP contribution in [0, 0.1) is 18.6 Å². The van der Waals surface area contributed by atoms with Gasteiger partial charge < -0.3 is 4.74 Å². The zero-order chi connectivity index (χ0) is 21.5. The molecule has 2 aromatic carbocycles. The molecular weight excluding hydrogens is 414 g/mol. The van der Waals surface area contributed by atoms with E-state index in [1.165, 1.54) is 15.3 Å². The number of carbonyl (C=O) groups is 1. The van der Waals surface area contributed by atoms with Crippen molar-refractivity contribution in [3.05, 3.63) is 65.2 Å². The Labute approximate surface area is 174 Å². The third kappa shape index (κ3) is 3.91. The lowest BCUT2D eigenvalue weighted by molar-refractivity contribution is 0.0172. The van der Waals surface area contributed by atoms with E-state index in [2.05, 4.69) is 0 Å². The van der Waals surface area contributed by atoms with Gasteiger partial charge in [0.15, 0.2) is 11.6 Å². The number of amides is 1. The number of piperidine rings is 1. The van der Waals surface area contributed by atoms with Crippen LogP contribution in [0.1, 0.15) is 24.0 Å². The van der Waals surface area contributed by atoms with E-state index in [-0.39, 0.29) is 31.1 Å². The number of hydrogen-bond donors (Lipinski definition) is 0. The van der Waals surface area contributed by atoms with Crippen LogP contribution in [-0.4, -0.2) is 49.0 Å². The van der Waals surface area contributed by atoms with E-state index in [1.54, 1.807) is 24.3 Å². The fourth-order valence-electron chi connectivity index (χ4n) is 3.93. The first-order valence-corrected chi connectivity index (χ1v) is 11.1. The first-order valence-electron chi connectivity index (χ1n) is 9.67. The monoisotopic (exact) mass is 436 g/mol. The number of nitrogens with zero attached hydrogens (tertiary/aromatic N) is 2. The molecule has 2 aromatic rings. The molecule has 0 saturated carbocycles. The molecule has 0 radical (unpaired) electrons. The summed E-state index contributed by atoms with van der Waals surface area (Å²) in [5.41, 5.74) is 0.669. The van der Waals surface area contributed by atoms with Gasteiger partial charge in [-0.3, -0.25) is 4.90 Å². The molecule has 0 N–H and O–H groups in total. The first kappa shape index (κ1) is 20.7. The highest BCUT2D eigenvalue weighted by Crippen LogP contribution is 2.35. The maximum Gasteiger partial charge on any atom is 0.410 e. The normalized spacial score (nSPS) is 19.3. The highest BCUT2D eigenvalue weighted by atomic mass is 32.2. The Balaban J connectivity index is 1.42. The summed E-state index contributed by atoms with van der Waals surface area (Å²) in [4.78, 5) is 14.0. The predicted molar refractivity (Wildman–Crippen MR) is 105 cm³/mol. The lowest BCUT2D eigenvalue weighted by atomic mass is 9.92. The lowest BCUT2D eigenvalue weighted by Gasteiger charge is -2.36. The molecule has 1 spiro atoms. The minimum absolute atomic E-state index is 0.100. The number of ether oxygens (including phenoxy) is 1. The van der Waals surface area contributed by atoms with Gasteiger partial charge in [-0.25, -0.2) is 22.0 Å². The van der Waals surface area contributed by atoms with Gasteiger partial charge in [0, 0.05) is 32.5 Å². The smallest absolute Gasteiger partial charge is 0.410 e. The molecule has 6 nitrogen and oxygen atoms in total. The van der Waals surface area contributed by atoms with E-state index < -0.39 is 33.4 Å². The Morgan fingerprint density at radius 1 is 1.03 bits per heavy atom. The number of aryl methyl sites for hydroxylation is 1. The van der Waals surface area contributed by atoms with Crippen molar-refractivity contribution in [1.29, 1.82) is 0 Å². The Bertz CT molecular complexity index is 1060. The van der Waals surface area contributed by atoms with Crippen molar-refractivity contribution in [3.63, 3.8) is 0 Å². The second-order valence-electron chi connectivity index (χ2n) is 7.87. The van der Waals surface area contributed by atoms with Crippen LogP contribution in [-0.2, 0) is 21.3 Å². The quantitative estimate of drug-likeness (QED) is 0.736. The van der Waals surface area contributed by atoms with Gasteiger partial charge in [-0.1, -0.05) is 23.8 Å². The fourth-order valence-corrected chi connectivity index (χ4v) is 5.37. The minimum atomic E-state index is -3.61. The number of carbonyl (C=O) groups excluding carboxylic acids is 1. The average molecular weight is 436 g/mol. The first-order chi connectivity index (χ1) is 14.2. The molecule has 2 saturated heterocycles. The molecular formula is C21H22F2N2O4S. The van der Waals surface area contributed by atoms with Crippen LogP contribution >= 0.6 is 0 Å². The van der Waals surface area contributed by atoms with E-state index in [0.717, 1.165) is 17.7 Å². The van der Waals surface area contributed by atoms with Crippen molar-refractivity contribution in [2.24, 2.45) is 0 Å². The van der Waals surface area contributed by atoms with Gasteiger partial charge >= 0.3 is 6.09 Å². The molecule has 0 aromatic heterocycles. The maximum absolute atomic E-state index is 13.4. The van der Waals surface area contributed by atoms with E-state index in [1.807, 2.05) is 6.92 Å². The summed E-state index contributed by atoms with van der Waals surface area (Å²) in [6.07, 6.45) is 0.213. The van der Waals surface area contributed by atoms with Crippen LogP contribution in [0.5, 0.6) is 0 Å². The summed E-state index contributed by atoms with van der Waals surface area (Å²) in [6, 6.07) is 10.2. The molecule has 160 valence electrons. The molecule has 30 heavy (non-hydrogen) atoms. The number of benzene rings is 2. The molecule has 4 rings (SSSR count). The summed E-state index contributed by atoms with van der Waals surface area (Å²) >= 11 is 0. The van der Waals surface area contributed by atoms with Crippen LogP contribution < -0.4 is 0 Å². The third-order valence-electron chi connectivity index (χ3n) is 5.69. The number of rotatable bonds is 4. The SMILES string of the molecule is Cc1ccc(S(=O)(=O)N2CCC3(CC2)CN(Cc2ccc(F)c(F)c2)C(=O)O3)cc1. The second-order valence-corrected chi connectivity index (χ2v) is 9.81. The highest BCUT2D eigenvalue weighted by molar-refractivity contribution is 7.89. The van der Waals surface area contributed by atoms with Crippen LogP contribution in [0.2, 0.25) is 0 Å². The van der Waals surface area contributed by atoms with Crippen LogP contribution in [0.3, 0.4) is 0 Å². The van der Waals surface area contributed by atoms with Gasteiger partial charge in [-0.05, 0) is 36.8 Å². The minimum Gasteiger partial charge on any atom is -0.441 e. The molecule has 0 unspecified atom stereocenters. The lowest BCUT2D eigenvalue weighted by Crippen LogP contribution is -2.48. The second kappa shape index (κ2) is 7.63. The van der Waals surface area contributed by atoms with E-state index in [9.17, 15) is 22.0 Å². The Kier molecular flexibility index (Phi) is 5.27. The average Bonchev–Trinajstić information content (AvgIpc) is 3.00. The zero-order valence-corrected chi connectivity index (χ0v) is 17.3. The Morgan fingerprint density at radius 3 is 2.33 bits per heavy atom. The molecule has 2 fully saturated rings. The molecule has 0 aliphatic carbocycles. The molecule has 2 aliphatic rings. The van der Waals surface area contributed by atoms with E-state index >= 15 is 0 Å². The zero-order valence-electron chi connectivity index (χ0n) is 16.5. The summed E-state index contributed by atoms with van der Waals surface area (Å²) in [7, 11) is -3.61. The van der Waals surface area contributed by atoms with Crippen molar-refractivity contribution in [2.45, 2.75) is 36.8 Å². The summed E-state index contributed by atoms with van der Waals surface area (Å²) in [5, 5.41) is 0. The van der Waals surface area contributed by atoms with Gasteiger partial charge in [0.05, 0.1) is 11.4 Å². The van der Waals surface area contributed by atoms with Crippen LogP contribution in [0.15, 0.2) is 47.4 Å². The van der Waals surface area contributed by atoms with Gasteiger partial charge in [0.2, 0.25) is 10.0 Å². The maximum atomic E-state index is 13.4. The van der Waals surface area contributed by atoms with Gasteiger partial charge in [-0.15, -0.1) is 0 Å². The molecule has 0 bridgehead atoms. The highest BCUT2D eigenvalue weighted by Gasteiger charge is 2.48. The molecule has 2 aliphatic heterocycles. The molecule has 9 heteroatoms. The van der Waals surface area contributed by atoms with Crippen molar-refractivity contribution in [3.8, 4) is 0 Å². The van der Waals surface area contributed by atoms with E-state index in [0.29, 0.717) is 18.4 Å². The largest absolute Gasteiger partial charge is 0.441 e. The number of hydrogen-bond acceptors (Lipinski definition) is 4. The van der Waals surface area contributed by atoms with Crippen molar-refractivity contribution >= 4 is 16.1 Å². The summed E-state index contributed by atoms with van der Waals surface area (Å²) in [6.45, 7) is 2.75. The number of halogens is 2. The summed E-state index contributed by atoms with van der Waals surface area (Å²) in [5.74, 6) is -1.91. The Morgan fingerprint density at radius 2 is 1.70 bits per heavy atom. The molecule has 1 amide bonds. The Hall–Kier alpha value is -2.52. The summed E-state index contributed by atoms with van der Waals surface area (Å²) < 4.78 is 59.3. The standard InChI is InChI=1S/C21H22F2N2O4S/c1-15-2-5-17(6-3-15)30(27,28)25-10-8-21(9-11-25)14-24(20(26)29-21)13-16-4-7-18(22)19(23)12-16/h2-7,12H,8-11,13-14H2,1H3. The number of sulfonamides is 1. The topological polar surface area (TPSA) is 66.9 Å². The third-order valence-corrected chi connectivity index (χ3v) is 7.60. The molecule has 2 heterocycles.